The molecule has 1 aliphatic rings. The zero-order valence-corrected chi connectivity index (χ0v) is 17.2. The average Bonchev–Trinajstić information content (AvgIpc) is 3.01. The molecule has 0 fully saturated rings. The van der Waals surface area contributed by atoms with E-state index < -0.39 is 5.60 Å². The Kier molecular flexibility index (Phi) is 8.43. The van der Waals surface area contributed by atoms with Gasteiger partial charge in [0.05, 0.1) is 6.54 Å². The fourth-order valence-corrected chi connectivity index (χ4v) is 2.74. The Labute approximate surface area is 158 Å². The van der Waals surface area contributed by atoms with Crippen molar-refractivity contribution in [2.75, 3.05) is 6.54 Å². The maximum atomic E-state index is 12.2. The summed E-state index contributed by atoms with van der Waals surface area (Å²) in [5.74, 6) is 0. The van der Waals surface area contributed by atoms with Gasteiger partial charge >= 0.3 is 6.09 Å². The summed E-state index contributed by atoms with van der Waals surface area (Å²) in [6.45, 7) is 17.6. The van der Waals surface area contributed by atoms with Crippen LogP contribution in [0.25, 0.3) is 0 Å². The maximum absolute atomic E-state index is 12.2. The van der Waals surface area contributed by atoms with Crippen LogP contribution in [-0.4, -0.2) is 27.7 Å². The molecule has 0 aromatic carbocycles. The molecule has 0 N–H and O–H groups in total. The summed E-state index contributed by atoms with van der Waals surface area (Å²) in [7, 11) is 0. The van der Waals surface area contributed by atoms with Crippen LogP contribution in [-0.2, 0) is 24.2 Å². The molecular formula is C22H34N2O2. The van der Waals surface area contributed by atoms with Gasteiger partial charge in [-0.3, -0.25) is 0 Å². The van der Waals surface area contributed by atoms with E-state index >= 15 is 0 Å². The van der Waals surface area contributed by atoms with Gasteiger partial charge in [-0.05, 0) is 45.4 Å². The SMILES string of the molecule is C=C/C(=C\C=C/C)Cc1ccc2n1CCN(C(=O)OC(C)(C)C)C2.CC. The van der Waals surface area contributed by atoms with Crippen LogP contribution in [0.1, 0.15) is 52.9 Å². The van der Waals surface area contributed by atoms with Crippen molar-refractivity contribution in [2.45, 2.75) is 66.7 Å². The Hall–Kier alpha value is -2.23. The van der Waals surface area contributed by atoms with Crippen LogP contribution in [0.2, 0.25) is 0 Å². The molecule has 26 heavy (non-hydrogen) atoms. The van der Waals surface area contributed by atoms with Gasteiger partial charge in [-0.25, -0.2) is 4.79 Å². The molecule has 1 aliphatic heterocycles. The van der Waals surface area contributed by atoms with Crippen molar-refractivity contribution in [3.8, 4) is 0 Å². The van der Waals surface area contributed by atoms with E-state index in [4.69, 9.17) is 4.74 Å². The second-order valence-corrected chi connectivity index (χ2v) is 7.02. The third-order valence-electron chi connectivity index (χ3n) is 3.91. The van der Waals surface area contributed by atoms with E-state index in [0.29, 0.717) is 13.1 Å². The largest absolute Gasteiger partial charge is 0.444 e. The monoisotopic (exact) mass is 358 g/mol. The number of fused-ring (bicyclic) bond motifs is 1. The van der Waals surface area contributed by atoms with Gasteiger partial charge in [0.25, 0.3) is 0 Å². The first kappa shape index (κ1) is 21.8. The number of hydrogen-bond acceptors (Lipinski definition) is 2. The number of ether oxygens (including phenoxy) is 1. The van der Waals surface area contributed by atoms with Crippen LogP contribution in [0.3, 0.4) is 0 Å². The highest BCUT2D eigenvalue weighted by Crippen LogP contribution is 2.21. The molecule has 1 amide bonds. The van der Waals surface area contributed by atoms with Crippen LogP contribution in [0.4, 0.5) is 4.79 Å². The Morgan fingerprint density at radius 3 is 2.54 bits per heavy atom. The minimum atomic E-state index is -0.460. The van der Waals surface area contributed by atoms with Crippen LogP contribution >= 0.6 is 0 Å². The number of carbonyl (C=O) groups is 1. The maximum Gasteiger partial charge on any atom is 0.410 e. The van der Waals surface area contributed by atoms with Crippen LogP contribution < -0.4 is 0 Å². The molecule has 0 atom stereocenters. The van der Waals surface area contributed by atoms with Crippen molar-refractivity contribution in [3.63, 3.8) is 0 Å². The van der Waals surface area contributed by atoms with Gasteiger partial charge in [0, 0.05) is 30.9 Å². The van der Waals surface area contributed by atoms with Crippen molar-refractivity contribution in [1.82, 2.24) is 9.47 Å². The molecule has 2 heterocycles. The molecule has 144 valence electrons. The molecule has 1 aromatic rings. The lowest BCUT2D eigenvalue weighted by molar-refractivity contribution is 0.0198. The Morgan fingerprint density at radius 2 is 1.96 bits per heavy atom. The summed E-state index contributed by atoms with van der Waals surface area (Å²) in [5, 5.41) is 0. The van der Waals surface area contributed by atoms with Crippen LogP contribution in [0.5, 0.6) is 0 Å². The zero-order chi connectivity index (χ0) is 19.7. The summed E-state index contributed by atoms with van der Waals surface area (Å²) in [6, 6.07) is 4.24. The van der Waals surface area contributed by atoms with Gasteiger partial charge < -0.3 is 14.2 Å². The minimum Gasteiger partial charge on any atom is -0.444 e. The zero-order valence-electron chi connectivity index (χ0n) is 17.2. The number of carbonyl (C=O) groups excluding carboxylic acids is 1. The lowest BCUT2D eigenvalue weighted by Gasteiger charge is -2.31. The number of amides is 1. The van der Waals surface area contributed by atoms with Crippen LogP contribution in [0, 0.1) is 0 Å². The van der Waals surface area contributed by atoms with E-state index in [2.05, 4.69) is 29.4 Å². The molecule has 2 rings (SSSR count). The Morgan fingerprint density at radius 1 is 1.27 bits per heavy atom. The van der Waals surface area contributed by atoms with Gasteiger partial charge in [-0.15, -0.1) is 0 Å². The average molecular weight is 359 g/mol. The van der Waals surface area contributed by atoms with E-state index in [0.717, 1.165) is 18.7 Å². The first-order valence-electron chi connectivity index (χ1n) is 9.43. The van der Waals surface area contributed by atoms with E-state index in [1.807, 2.05) is 59.8 Å². The topological polar surface area (TPSA) is 34.5 Å². The van der Waals surface area contributed by atoms with Crippen molar-refractivity contribution in [1.29, 1.82) is 0 Å². The Balaban J connectivity index is 0.00000163. The number of aromatic nitrogens is 1. The number of rotatable bonds is 4. The molecule has 0 radical (unpaired) electrons. The normalized spacial score (nSPS) is 14.5. The highest BCUT2D eigenvalue weighted by atomic mass is 16.6. The number of hydrogen-bond donors (Lipinski definition) is 0. The van der Waals surface area contributed by atoms with E-state index in [1.165, 1.54) is 11.3 Å². The standard InChI is InChI=1S/C20H28N2O2.C2H6/c1-6-8-9-16(7-2)14-17-10-11-18-15-21(12-13-22(17)18)19(23)24-20(3,4)5;1-2/h6-11H,2,12-15H2,1,3-5H3;1-2H3/b8-6-,16-9+;. The molecule has 4 nitrogen and oxygen atoms in total. The molecule has 0 saturated carbocycles. The van der Waals surface area contributed by atoms with Crippen LogP contribution in [0.15, 0.2) is 48.6 Å². The van der Waals surface area contributed by atoms with Gasteiger partial charge in [-0.1, -0.05) is 44.7 Å². The first-order chi connectivity index (χ1) is 12.3. The van der Waals surface area contributed by atoms with Crippen molar-refractivity contribution < 1.29 is 9.53 Å². The molecule has 0 spiro atoms. The molecule has 1 aromatic heterocycles. The third kappa shape index (κ3) is 6.25. The lowest BCUT2D eigenvalue weighted by atomic mass is 10.1. The molecule has 0 saturated heterocycles. The van der Waals surface area contributed by atoms with Crippen molar-refractivity contribution >= 4 is 6.09 Å². The molecule has 4 heteroatoms. The van der Waals surface area contributed by atoms with E-state index in [-0.39, 0.29) is 6.09 Å². The fraction of sp³-hybridized carbons (Fsp3) is 0.500. The molecular weight excluding hydrogens is 324 g/mol. The highest BCUT2D eigenvalue weighted by Gasteiger charge is 2.26. The second kappa shape index (κ2) is 10.0. The van der Waals surface area contributed by atoms with E-state index in [9.17, 15) is 4.79 Å². The third-order valence-corrected chi connectivity index (χ3v) is 3.91. The smallest absolute Gasteiger partial charge is 0.410 e. The minimum absolute atomic E-state index is 0.240. The summed E-state index contributed by atoms with van der Waals surface area (Å²) in [6.07, 6.45) is 8.63. The summed E-state index contributed by atoms with van der Waals surface area (Å²) >= 11 is 0. The predicted molar refractivity (Wildman–Crippen MR) is 109 cm³/mol. The number of allylic oxidation sites excluding steroid dienone is 5. The number of nitrogens with zero attached hydrogens (tertiary/aromatic N) is 2. The molecule has 0 bridgehead atoms. The highest BCUT2D eigenvalue weighted by molar-refractivity contribution is 5.68. The second-order valence-electron chi connectivity index (χ2n) is 7.02. The van der Waals surface area contributed by atoms with Gasteiger partial charge in [0.1, 0.15) is 5.60 Å². The molecule has 0 unspecified atom stereocenters. The summed E-state index contributed by atoms with van der Waals surface area (Å²) < 4.78 is 7.77. The predicted octanol–water partition coefficient (Wildman–Crippen LogP) is 5.50. The van der Waals surface area contributed by atoms with Gasteiger partial charge in [-0.2, -0.15) is 0 Å². The quantitative estimate of drug-likeness (QED) is 0.666. The van der Waals surface area contributed by atoms with Crippen molar-refractivity contribution in [2.24, 2.45) is 0 Å². The van der Waals surface area contributed by atoms with Gasteiger partial charge in [0.15, 0.2) is 0 Å². The molecule has 0 aliphatic carbocycles. The lowest BCUT2D eigenvalue weighted by Crippen LogP contribution is -2.41. The Bertz CT molecular complexity index is 660. The summed E-state index contributed by atoms with van der Waals surface area (Å²) in [5.41, 5.74) is 3.13. The first-order valence-corrected chi connectivity index (χ1v) is 9.43. The van der Waals surface area contributed by atoms with Crippen molar-refractivity contribution in [3.05, 3.63) is 60.0 Å². The fourth-order valence-electron chi connectivity index (χ4n) is 2.74. The van der Waals surface area contributed by atoms with Gasteiger partial charge in [0.2, 0.25) is 0 Å². The van der Waals surface area contributed by atoms with E-state index in [1.54, 1.807) is 4.90 Å². The summed E-state index contributed by atoms with van der Waals surface area (Å²) in [4.78, 5) is 14.0.